The van der Waals surface area contributed by atoms with Crippen LogP contribution in [0.1, 0.15) is 30.2 Å². The van der Waals surface area contributed by atoms with E-state index >= 15 is 0 Å². The first-order chi connectivity index (χ1) is 16.5. The number of amides is 3. The molecule has 3 amide bonds. The normalized spacial score (nSPS) is 17.4. The Morgan fingerprint density at radius 3 is 2.38 bits per heavy atom. The molecular weight excluding hydrogens is 434 g/mol. The number of pyridine rings is 1. The van der Waals surface area contributed by atoms with Gasteiger partial charge in [0, 0.05) is 6.20 Å². The van der Waals surface area contributed by atoms with Crippen molar-refractivity contribution in [3.05, 3.63) is 95.8 Å². The minimum Gasteiger partial charge on any atom is -0.487 e. The highest BCUT2D eigenvalue weighted by Gasteiger charge is 2.51. The fraction of sp³-hybridized carbons (Fsp3) is 0.231. The summed E-state index contributed by atoms with van der Waals surface area (Å²) in [4.78, 5) is 43.1. The van der Waals surface area contributed by atoms with E-state index in [1.165, 1.54) is 0 Å². The molecule has 8 heteroatoms. The number of rotatable bonds is 9. The standard InChI is InChI=1S/C26H25N3O5/c1-2-26(20-8-4-3-5-9-20)24(31)29(25(32)28-26)16-23(30)34-17-19-11-13-22(14-12-19)33-18-21-10-6-7-15-27-21/h3-15H,2,16-18H2,1H3,(H,28,32). The van der Waals surface area contributed by atoms with Crippen LogP contribution >= 0.6 is 0 Å². The van der Waals surface area contributed by atoms with E-state index in [2.05, 4.69) is 10.3 Å². The average molecular weight is 460 g/mol. The van der Waals surface area contributed by atoms with Crippen molar-refractivity contribution in [3.8, 4) is 5.75 Å². The summed E-state index contributed by atoms with van der Waals surface area (Å²) < 4.78 is 11.0. The number of carbonyl (C=O) groups excluding carboxylic acids is 3. The minimum atomic E-state index is -1.18. The zero-order valence-corrected chi connectivity index (χ0v) is 18.8. The van der Waals surface area contributed by atoms with Crippen molar-refractivity contribution < 1.29 is 23.9 Å². The van der Waals surface area contributed by atoms with Gasteiger partial charge in [-0.2, -0.15) is 0 Å². The van der Waals surface area contributed by atoms with Crippen molar-refractivity contribution in [3.63, 3.8) is 0 Å². The molecule has 174 valence electrons. The van der Waals surface area contributed by atoms with E-state index in [4.69, 9.17) is 9.47 Å². The molecule has 0 aliphatic carbocycles. The first kappa shape index (κ1) is 23.0. The molecule has 0 bridgehead atoms. The van der Waals surface area contributed by atoms with Crippen LogP contribution in [0.2, 0.25) is 0 Å². The summed E-state index contributed by atoms with van der Waals surface area (Å²) in [6.45, 7) is 1.73. The summed E-state index contributed by atoms with van der Waals surface area (Å²) >= 11 is 0. The Hall–Kier alpha value is -4.20. The van der Waals surface area contributed by atoms with Crippen molar-refractivity contribution in [2.75, 3.05) is 6.54 Å². The Morgan fingerprint density at radius 1 is 0.971 bits per heavy atom. The van der Waals surface area contributed by atoms with Crippen LogP contribution in [0.3, 0.4) is 0 Å². The number of esters is 1. The molecule has 34 heavy (non-hydrogen) atoms. The first-order valence-corrected chi connectivity index (χ1v) is 11.0. The molecule has 1 fully saturated rings. The van der Waals surface area contributed by atoms with Crippen LogP contribution in [0.25, 0.3) is 0 Å². The van der Waals surface area contributed by atoms with Gasteiger partial charge in [0.2, 0.25) is 0 Å². The van der Waals surface area contributed by atoms with Gasteiger partial charge in [-0.1, -0.05) is 55.5 Å². The number of urea groups is 1. The molecule has 8 nitrogen and oxygen atoms in total. The molecule has 1 atom stereocenters. The summed E-state index contributed by atoms with van der Waals surface area (Å²) in [5.74, 6) is -0.464. The summed E-state index contributed by atoms with van der Waals surface area (Å²) in [7, 11) is 0. The lowest BCUT2D eigenvalue weighted by molar-refractivity contribution is -0.149. The molecule has 2 heterocycles. The van der Waals surface area contributed by atoms with Gasteiger partial charge in [0.25, 0.3) is 5.91 Å². The maximum atomic E-state index is 13.1. The fourth-order valence-corrected chi connectivity index (χ4v) is 3.79. The second kappa shape index (κ2) is 10.2. The first-order valence-electron chi connectivity index (χ1n) is 11.0. The van der Waals surface area contributed by atoms with Crippen molar-refractivity contribution >= 4 is 17.9 Å². The zero-order chi connectivity index (χ0) is 24.0. The topological polar surface area (TPSA) is 97.8 Å². The van der Waals surface area contributed by atoms with Gasteiger partial charge in [-0.25, -0.2) is 4.79 Å². The molecule has 0 spiro atoms. The van der Waals surface area contributed by atoms with Gasteiger partial charge in [0.1, 0.15) is 31.0 Å². The van der Waals surface area contributed by atoms with Crippen molar-refractivity contribution in [2.24, 2.45) is 0 Å². The summed E-state index contributed by atoms with van der Waals surface area (Å²) in [5.41, 5.74) is 1.07. The number of ether oxygens (including phenoxy) is 2. The molecule has 1 saturated heterocycles. The molecule has 0 radical (unpaired) electrons. The van der Waals surface area contributed by atoms with Gasteiger partial charge >= 0.3 is 12.0 Å². The van der Waals surface area contributed by atoms with E-state index in [9.17, 15) is 14.4 Å². The molecule has 1 aliphatic heterocycles. The fourth-order valence-electron chi connectivity index (χ4n) is 3.79. The lowest BCUT2D eigenvalue weighted by atomic mass is 9.87. The summed E-state index contributed by atoms with van der Waals surface area (Å²) in [6.07, 6.45) is 2.07. The lowest BCUT2D eigenvalue weighted by Crippen LogP contribution is -2.43. The molecule has 2 aromatic carbocycles. The van der Waals surface area contributed by atoms with Gasteiger partial charge in [-0.15, -0.1) is 0 Å². The number of nitrogens with zero attached hydrogens (tertiary/aromatic N) is 2. The van der Waals surface area contributed by atoms with Crippen LogP contribution < -0.4 is 10.1 Å². The quantitative estimate of drug-likeness (QED) is 0.388. The van der Waals surface area contributed by atoms with Gasteiger partial charge in [0.05, 0.1) is 5.69 Å². The Labute approximate surface area is 197 Å². The number of imide groups is 1. The molecule has 1 N–H and O–H groups in total. The van der Waals surface area contributed by atoms with E-state index in [1.807, 2.05) is 31.2 Å². The molecule has 1 unspecified atom stereocenters. The largest absolute Gasteiger partial charge is 0.487 e. The van der Waals surface area contributed by atoms with E-state index < -0.39 is 30.0 Å². The number of benzene rings is 2. The third-order valence-corrected chi connectivity index (χ3v) is 5.70. The van der Waals surface area contributed by atoms with Crippen LogP contribution in [-0.4, -0.2) is 34.3 Å². The van der Waals surface area contributed by atoms with E-state index in [0.717, 1.165) is 16.2 Å². The Morgan fingerprint density at radius 2 is 1.71 bits per heavy atom. The smallest absolute Gasteiger partial charge is 0.326 e. The van der Waals surface area contributed by atoms with E-state index in [0.29, 0.717) is 24.3 Å². The number of hydrogen-bond acceptors (Lipinski definition) is 6. The van der Waals surface area contributed by atoms with E-state index in [1.54, 1.807) is 54.7 Å². The maximum absolute atomic E-state index is 13.1. The number of hydrogen-bond donors (Lipinski definition) is 1. The van der Waals surface area contributed by atoms with Crippen LogP contribution in [0.4, 0.5) is 4.79 Å². The van der Waals surface area contributed by atoms with Crippen molar-refractivity contribution in [2.45, 2.75) is 32.1 Å². The van der Waals surface area contributed by atoms with Gasteiger partial charge in [0.15, 0.2) is 0 Å². The Kier molecular flexibility index (Phi) is 6.87. The second-order valence-electron chi connectivity index (χ2n) is 7.86. The predicted octanol–water partition coefficient (Wildman–Crippen LogP) is 3.56. The Bertz CT molecular complexity index is 1150. The summed E-state index contributed by atoms with van der Waals surface area (Å²) in [6, 6.07) is 21.1. The molecule has 1 aliphatic rings. The number of nitrogens with one attached hydrogen (secondary N) is 1. The third-order valence-electron chi connectivity index (χ3n) is 5.70. The summed E-state index contributed by atoms with van der Waals surface area (Å²) in [5, 5.41) is 2.75. The Balaban J connectivity index is 1.30. The van der Waals surface area contributed by atoms with Crippen LogP contribution in [0.15, 0.2) is 79.0 Å². The average Bonchev–Trinajstić information content (AvgIpc) is 3.13. The highest BCUT2D eigenvalue weighted by atomic mass is 16.5. The minimum absolute atomic E-state index is 0.0145. The number of carbonyl (C=O) groups is 3. The van der Waals surface area contributed by atoms with Crippen molar-refractivity contribution in [1.29, 1.82) is 0 Å². The lowest BCUT2D eigenvalue weighted by Gasteiger charge is -2.25. The molecule has 0 saturated carbocycles. The van der Waals surface area contributed by atoms with Crippen LogP contribution in [0, 0.1) is 0 Å². The monoisotopic (exact) mass is 459 g/mol. The van der Waals surface area contributed by atoms with Gasteiger partial charge < -0.3 is 14.8 Å². The molecular formula is C26H25N3O5. The van der Waals surface area contributed by atoms with Crippen LogP contribution in [0.5, 0.6) is 5.75 Å². The zero-order valence-electron chi connectivity index (χ0n) is 18.8. The van der Waals surface area contributed by atoms with E-state index in [-0.39, 0.29) is 6.61 Å². The van der Waals surface area contributed by atoms with Crippen molar-refractivity contribution in [1.82, 2.24) is 15.2 Å². The van der Waals surface area contributed by atoms with Crippen LogP contribution in [-0.2, 0) is 33.1 Å². The highest BCUT2D eigenvalue weighted by Crippen LogP contribution is 2.32. The second-order valence-corrected chi connectivity index (χ2v) is 7.86. The maximum Gasteiger partial charge on any atom is 0.326 e. The third kappa shape index (κ3) is 4.91. The molecule has 3 aromatic rings. The SMILES string of the molecule is CCC1(c2ccccc2)NC(=O)N(CC(=O)OCc2ccc(OCc3ccccn3)cc2)C1=O. The molecule has 1 aromatic heterocycles. The number of aromatic nitrogens is 1. The predicted molar refractivity (Wildman–Crippen MR) is 123 cm³/mol. The molecule has 4 rings (SSSR count). The van der Waals surface area contributed by atoms with Gasteiger partial charge in [-0.3, -0.25) is 19.5 Å². The highest BCUT2D eigenvalue weighted by molar-refractivity contribution is 6.09. The van der Waals surface area contributed by atoms with Gasteiger partial charge in [-0.05, 0) is 41.8 Å².